The summed E-state index contributed by atoms with van der Waals surface area (Å²) in [6.45, 7) is -0.347. The first-order valence-corrected chi connectivity index (χ1v) is 10.9. The van der Waals surface area contributed by atoms with Gasteiger partial charge in [-0.25, -0.2) is 9.59 Å². The van der Waals surface area contributed by atoms with Crippen molar-refractivity contribution in [3.8, 4) is 0 Å². The number of methoxy groups -OCH3 is 2. The Kier molecular flexibility index (Phi) is 6.02. The summed E-state index contributed by atoms with van der Waals surface area (Å²) in [6, 6.07) is 8.11. The summed E-state index contributed by atoms with van der Waals surface area (Å²) in [5, 5.41) is 0. The minimum Gasteiger partial charge on any atom is -0.466 e. The Balaban J connectivity index is 2.03. The molecule has 2 aromatic carbocycles. The summed E-state index contributed by atoms with van der Waals surface area (Å²) in [4.78, 5) is 53.2. The van der Waals surface area contributed by atoms with E-state index in [-0.39, 0.29) is 58.3 Å². The zero-order valence-corrected chi connectivity index (χ0v) is 20.0. The Morgan fingerprint density at radius 2 is 1.53 bits per heavy atom. The molecule has 10 heteroatoms. The lowest BCUT2D eigenvalue weighted by atomic mass is 9.83. The number of ether oxygens (including phenoxy) is 3. The standard InChI is InChI=1S/C22H15Br2NO7/c1-30-21(28)12-8-32-9-25(17(12)22(29)31-2)18-14(24)7-13(23)15-16(18)20(27)11-6-4-3-5-10(11)19(15)26/h3-7H,8-9H2,1-2H3. The molecule has 1 heterocycles. The molecule has 0 amide bonds. The Hall–Kier alpha value is -2.82. The van der Waals surface area contributed by atoms with Crippen LogP contribution in [0.3, 0.4) is 0 Å². The molecule has 2 aliphatic rings. The quantitative estimate of drug-likeness (QED) is 0.446. The van der Waals surface area contributed by atoms with Crippen LogP contribution in [0.5, 0.6) is 0 Å². The monoisotopic (exact) mass is 563 g/mol. The number of hydrogen-bond donors (Lipinski definition) is 0. The largest absolute Gasteiger partial charge is 0.466 e. The number of ketones is 2. The van der Waals surface area contributed by atoms with Gasteiger partial charge in [0.15, 0.2) is 11.6 Å². The van der Waals surface area contributed by atoms with E-state index in [4.69, 9.17) is 14.2 Å². The van der Waals surface area contributed by atoms with Gasteiger partial charge < -0.3 is 19.1 Å². The summed E-state index contributed by atoms with van der Waals surface area (Å²) >= 11 is 6.82. The highest BCUT2D eigenvalue weighted by Gasteiger charge is 2.40. The third-order valence-corrected chi connectivity index (χ3v) is 6.41. The summed E-state index contributed by atoms with van der Waals surface area (Å²) in [5.74, 6) is -2.33. The highest BCUT2D eigenvalue weighted by molar-refractivity contribution is 9.11. The predicted octanol–water partition coefficient (Wildman–Crippen LogP) is 3.38. The van der Waals surface area contributed by atoms with Gasteiger partial charge in [-0.05, 0) is 37.9 Å². The molecule has 32 heavy (non-hydrogen) atoms. The zero-order valence-electron chi connectivity index (χ0n) is 16.9. The Morgan fingerprint density at radius 3 is 2.12 bits per heavy atom. The number of carbonyl (C=O) groups excluding carboxylic acids is 4. The third-order valence-electron chi connectivity index (χ3n) is 5.18. The van der Waals surface area contributed by atoms with Crippen molar-refractivity contribution in [2.24, 2.45) is 0 Å². The Bertz CT molecular complexity index is 1240. The predicted molar refractivity (Wildman–Crippen MR) is 120 cm³/mol. The molecule has 8 nitrogen and oxygen atoms in total. The van der Waals surface area contributed by atoms with Gasteiger partial charge in [0.2, 0.25) is 0 Å². The molecule has 0 saturated heterocycles. The lowest BCUT2D eigenvalue weighted by Crippen LogP contribution is -2.40. The number of esters is 2. The van der Waals surface area contributed by atoms with Gasteiger partial charge in [0, 0.05) is 20.1 Å². The molecular weight excluding hydrogens is 550 g/mol. The van der Waals surface area contributed by atoms with Gasteiger partial charge in [-0.15, -0.1) is 0 Å². The lowest BCUT2D eigenvalue weighted by molar-refractivity contribution is -0.140. The summed E-state index contributed by atoms with van der Waals surface area (Å²) in [6.07, 6.45) is 0. The normalized spacial score (nSPS) is 15.3. The Morgan fingerprint density at radius 1 is 0.938 bits per heavy atom. The van der Waals surface area contributed by atoms with Crippen molar-refractivity contribution in [2.45, 2.75) is 0 Å². The van der Waals surface area contributed by atoms with Crippen LogP contribution in [0.2, 0.25) is 0 Å². The van der Waals surface area contributed by atoms with Crippen molar-refractivity contribution in [1.82, 2.24) is 0 Å². The molecular formula is C22H15Br2NO7. The van der Waals surface area contributed by atoms with E-state index in [1.165, 1.54) is 19.1 Å². The second-order valence-electron chi connectivity index (χ2n) is 6.86. The number of anilines is 1. The van der Waals surface area contributed by atoms with Crippen LogP contribution in [-0.4, -0.2) is 51.1 Å². The van der Waals surface area contributed by atoms with E-state index in [1.54, 1.807) is 30.3 Å². The summed E-state index contributed by atoms with van der Waals surface area (Å²) in [5.41, 5.74) is 0.767. The first kappa shape index (κ1) is 22.4. The van der Waals surface area contributed by atoms with Crippen LogP contribution in [0, 0.1) is 0 Å². The number of nitrogens with zero attached hydrogens (tertiary/aromatic N) is 1. The van der Waals surface area contributed by atoms with Gasteiger partial charge in [0.1, 0.15) is 12.4 Å². The summed E-state index contributed by atoms with van der Waals surface area (Å²) in [7, 11) is 2.36. The van der Waals surface area contributed by atoms with Crippen LogP contribution in [-0.2, 0) is 23.8 Å². The number of hydrogen-bond acceptors (Lipinski definition) is 8. The number of carbonyl (C=O) groups is 4. The van der Waals surface area contributed by atoms with E-state index in [0.717, 1.165) is 0 Å². The molecule has 1 aliphatic heterocycles. The zero-order chi connectivity index (χ0) is 23.2. The minimum atomic E-state index is -0.813. The molecule has 0 bridgehead atoms. The molecule has 4 rings (SSSR count). The van der Waals surface area contributed by atoms with Crippen LogP contribution < -0.4 is 4.90 Å². The molecule has 1 aliphatic carbocycles. The number of halogens is 2. The van der Waals surface area contributed by atoms with Crippen molar-refractivity contribution in [2.75, 3.05) is 32.5 Å². The molecule has 164 valence electrons. The van der Waals surface area contributed by atoms with E-state index in [0.29, 0.717) is 8.95 Å². The van der Waals surface area contributed by atoms with Gasteiger partial charge in [-0.3, -0.25) is 9.59 Å². The van der Waals surface area contributed by atoms with Gasteiger partial charge in [-0.1, -0.05) is 24.3 Å². The highest BCUT2D eigenvalue weighted by atomic mass is 79.9. The first-order valence-electron chi connectivity index (χ1n) is 9.27. The lowest BCUT2D eigenvalue weighted by Gasteiger charge is -2.34. The second kappa shape index (κ2) is 8.61. The van der Waals surface area contributed by atoms with Crippen LogP contribution in [0.15, 0.2) is 50.5 Å². The van der Waals surface area contributed by atoms with Crippen molar-refractivity contribution in [3.63, 3.8) is 0 Å². The van der Waals surface area contributed by atoms with Crippen LogP contribution in [0.25, 0.3) is 0 Å². The maximum absolute atomic E-state index is 13.6. The summed E-state index contributed by atoms with van der Waals surface area (Å²) < 4.78 is 16.0. The first-order chi connectivity index (χ1) is 15.3. The van der Waals surface area contributed by atoms with E-state index in [1.807, 2.05) is 0 Å². The average molecular weight is 565 g/mol. The van der Waals surface area contributed by atoms with Gasteiger partial charge in [0.25, 0.3) is 0 Å². The fourth-order valence-electron chi connectivity index (χ4n) is 3.78. The van der Waals surface area contributed by atoms with E-state index >= 15 is 0 Å². The van der Waals surface area contributed by atoms with Crippen LogP contribution in [0.4, 0.5) is 5.69 Å². The maximum atomic E-state index is 13.6. The van der Waals surface area contributed by atoms with E-state index in [9.17, 15) is 19.2 Å². The molecule has 0 unspecified atom stereocenters. The van der Waals surface area contributed by atoms with Crippen molar-refractivity contribution >= 4 is 61.1 Å². The maximum Gasteiger partial charge on any atom is 0.355 e. The highest BCUT2D eigenvalue weighted by Crippen LogP contribution is 2.44. The molecule has 0 fully saturated rings. The van der Waals surface area contributed by atoms with E-state index in [2.05, 4.69) is 31.9 Å². The van der Waals surface area contributed by atoms with Gasteiger partial charge in [0.05, 0.1) is 43.2 Å². The second-order valence-corrected chi connectivity index (χ2v) is 8.57. The molecule has 0 aromatic heterocycles. The van der Waals surface area contributed by atoms with E-state index < -0.39 is 17.7 Å². The topological polar surface area (TPSA) is 99.2 Å². The van der Waals surface area contributed by atoms with Gasteiger partial charge >= 0.3 is 11.9 Å². The SMILES string of the molecule is COC(=O)C1=C(C(=O)OC)N(c2c(Br)cc(Br)c3c2C(=O)c2ccccc2C3=O)COC1. The molecule has 0 N–H and O–H groups in total. The molecule has 0 radical (unpaired) electrons. The fraction of sp³-hybridized carbons (Fsp3) is 0.182. The third kappa shape index (κ3) is 3.39. The molecule has 0 saturated carbocycles. The minimum absolute atomic E-state index is 0.0656. The smallest absolute Gasteiger partial charge is 0.355 e. The van der Waals surface area contributed by atoms with Gasteiger partial charge in [-0.2, -0.15) is 0 Å². The molecule has 2 aromatic rings. The average Bonchev–Trinajstić information content (AvgIpc) is 2.80. The van der Waals surface area contributed by atoms with Crippen molar-refractivity contribution in [3.05, 3.63) is 72.8 Å². The molecule has 0 atom stereocenters. The van der Waals surface area contributed by atoms with Crippen molar-refractivity contribution < 1.29 is 33.4 Å². The number of rotatable bonds is 3. The number of fused-ring (bicyclic) bond motifs is 2. The van der Waals surface area contributed by atoms with Crippen LogP contribution in [0.1, 0.15) is 31.8 Å². The molecule has 0 spiro atoms. The Labute approximate surface area is 199 Å². The number of benzene rings is 2. The van der Waals surface area contributed by atoms with Crippen molar-refractivity contribution in [1.29, 1.82) is 0 Å². The fourth-order valence-corrected chi connectivity index (χ4v) is 5.34. The van der Waals surface area contributed by atoms with Crippen LogP contribution >= 0.6 is 31.9 Å².